The van der Waals surface area contributed by atoms with Gasteiger partial charge in [-0.15, -0.1) is 0 Å². The molecule has 0 heterocycles. The van der Waals surface area contributed by atoms with Crippen molar-refractivity contribution in [1.29, 1.82) is 0 Å². The van der Waals surface area contributed by atoms with E-state index in [-0.39, 0.29) is 0 Å². The first-order valence-corrected chi connectivity index (χ1v) is 6.56. The molecule has 0 aliphatic carbocycles. The van der Waals surface area contributed by atoms with Gasteiger partial charge in [0.05, 0.1) is 13.7 Å². The highest BCUT2D eigenvalue weighted by molar-refractivity contribution is 5.93. The Hall–Kier alpha value is -2.50. The van der Waals surface area contributed by atoms with Crippen molar-refractivity contribution < 1.29 is 24.2 Å². The lowest BCUT2D eigenvalue weighted by Crippen LogP contribution is -2.27. The molecule has 0 fully saturated rings. The summed E-state index contributed by atoms with van der Waals surface area (Å²) < 4.78 is 10.9. The van der Waals surface area contributed by atoms with E-state index < -0.39 is 18.4 Å². The van der Waals surface area contributed by atoms with E-state index in [4.69, 9.17) is 14.6 Å². The van der Waals surface area contributed by atoms with Crippen LogP contribution in [0, 0.1) is 0 Å². The normalized spacial score (nSPS) is 10.4. The van der Waals surface area contributed by atoms with Crippen LogP contribution in [0.5, 0.6) is 11.5 Å². The second-order valence-electron chi connectivity index (χ2n) is 4.17. The summed E-state index contributed by atoms with van der Waals surface area (Å²) >= 11 is 0. The summed E-state index contributed by atoms with van der Waals surface area (Å²) in [6.45, 7) is 2.11. The van der Waals surface area contributed by atoms with Gasteiger partial charge in [0.1, 0.15) is 6.54 Å². The summed E-state index contributed by atoms with van der Waals surface area (Å²) in [6, 6.07) is 5.34. The smallest absolute Gasteiger partial charge is 0.322 e. The molecule has 1 rings (SSSR count). The topological polar surface area (TPSA) is 84.9 Å². The predicted molar refractivity (Wildman–Crippen MR) is 78.5 cm³/mol. The molecule has 0 bridgehead atoms. The molecule has 0 aromatic heterocycles. The van der Waals surface area contributed by atoms with Gasteiger partial charge in [-0.2, -0.15) is 0 Å². The minimum atomic E-state index is -1.09. The molecule has 0 aliphatic rings. The van der Waals surface area contributed by atoms with Crippen LogP contribution in [0.1, 0.15) is 18.9 Å². The molecule has 0 atom stereocenters. The SMILES string of the molecule is CCCOc1c(/C=C/C(=O)NCC(=O)O)cccc1OC. The van der Waals surface area contributed by atoms with Crippen molar-refractivity contribution in [2.24, 2.45) is 0 Å². The maximum Gasteiger partial charge on any atom is 0.322 e. The Morgan fingerprint density at radius 2 is 2.14 bits per heavy atom. The lowest BCUT2D eigenvalue weighted by Gasteiger charge is -2.12. The van der Waals surface area contributed by atoms with Gasteiger partial charge in [-0.05, 0) is 18.6 Å². The minimum Gasteiger partial charge on any atom is -0.493 e. The van der Waals surface area contributed by atoms with Crippen LogP contribution in [-0.4, -0.2) is 37.2 Å². The standard InChI is InChI=1S/C15H19NO5/c1-3-9-21-15-11(5-4-6-12(15)20-2)7-8-13(17)16-10-14(18)19/h4-8H,3,9-10H2,1-2H3,(H,16,17)(H,18,19)/b8-7+. The maximum atomic E-state index is 11.5. The Kier molecular flexibility index (Phi) is 6.80. The Morgan fingerprint density at radius 3 is 2.76 bits per heavy atom. The number of carboxylic acid groups (broad SMARTS) is 1. The van der Waals surface area contributed by atoms with Gasteiger partial charge in [0, 0.05) is 11.6 Å². The summed E-state index contributed by atoms with van der Waals surface area (Å²) in [4.78, 5) is 21.8. The molecule has 1 aromatic carbocycles. The van der Waals surface area contributed by atoms with Gasteiger partial charge in [0.2, 0.25) is 5.91 Å². The van der Waals surface area contributed by atoms with Gasteiger partial charge in [-0.3, -0.25) is 9.59 Å². The van der Waals surface area contributed by atoms with Crippen LogP contribution in [0.25, 0.3) is 6.08 Å². The highest BCUT2D eigenvalue weighted by Crippen LogP contribution is 2.32. The van der Waals surface area contributed by atoms with Crippen molar-refractivity contribution in [3.05, 3.63) is 29.8 Å². The van der Waals surface area contributed by atoms with E-state index in [2.05, 4.69) is 5.32 Å². The molecular formula is C15H19NO5. The number of nitrogens with one attached hydrogen (secondary N) is 1. The van der Waals surface area contributed by atoms with E-state index in [0.29, 0.717) is 23.7 Å². The number of hydrogen-bond acceptors (Lipinski definition) is 4. The molecule has 1 aromatic rings. The zero-order valence-electron chi connectivity index (χ0n) is 12.1. The lowest BCUT2D eigenvalue weighted by molar-refractivity contribution is -0.137. The zero-order chi connectivity index (χ0) is 15.7. The molecule has 21 heavy (non-hydrogen) atoms. The second-order valence-corrected chi connectivity index (χ2v) is 4.17. The molecule has 0 spiro atoms. The van der Waals surface area contributed by atoms with Crippen molar-refractivity contribution >= 4 is 18.0 Å². The Balaban J connectivity index is 2.85. The Labute approximate surface area is 123 Å². The third-order valence-electron chi connectivity index (χ3n) is 2.51. The number of carboxylic acids is 1. The van der Waals surface area contributed by atoms with Crippen molar-refractivity contribution in [1.82, 2.24) is 5.32 Å². The molecule has 0 saturated heterocycles. The van der Waals surface area contributed by atoms with Crippen LogP contribution in [0.15, 0.2) is 24.3 Å². The summed E-state index contributed by atoms with van der Waals surface area (Å²) in [5, 5.41) is 10.7. The lowest BCUT2D eigenvalue weighted by atomic mass is 10.1. The fourth-order valence-corrected chi connectivity index (χ4v) is 1.57. The number of aliphatic carboxylic acids is 1. The molecule has 0 radical (unpaired) electrons. The number of carbonyl (C=O) groups excluding carboxylic acids is 1. The second kappa shape index (κ2) is 8.63. The van der Waals surface area contributed by atoms with Crippen LogP contribution in [0.2, 0.25) is 0 Å². The van der Waals surface area contributed by atoms with Gasteiger partial charge in [0.25, 0.3) is 0 Å². The molecule has 6 heteroatoms. The molecule has 114 valence electrons. The van der Waals surface area contributed by atoms with E-state index in [0.717, 1.165) is 6.42 Å². The summed E-state index contributed by atoms with van der Waals surface area (Å²) in [5.41, 5.74) is 0.688. The van der Waals surface area contributed by atoms with Gasteiger partial charge in [-0.1, -0.05) is 19.1 Å². The summed E-state index contributed by atoms with van der Waals surface area (Å²) in [5.74, 6) is -0.438. The number of ether oxygens (including phenoxy) is 2. The van der Waals surface area contributed by atoms with Gasteiger partial charge in [-0.25, -0.2) is 0 Å². The molecule has 0 saturated carbocycles. The minimum absolute atomic E-state index is 0.416. The van der Waals surface area contributed by atoms with E-state index in [1.165, 1.54) is 6.08 Å². The average Bonchev–Trinajstić information content (AvgIpc) is 2.48. The Bertz CT molecular complexity index is 525. The van der Waals surface area contributed by atoms with Crippen LogP contribution in [0.3, 0.4) is 0 Å². The van der Waals surface area contributed by atoms with Crippen molar-refractivity contribution in [3.8, 4) is 11.5 Å². The summed E-state index contributed by atoms with van der Waals surface area (Å²) in [7, 11) is 1.54. The zero-order valence-corrected chi connectivity index (χ0v) is 12.1. The highest BCUT2D eigenvalue weighted by Gasteiger charge is 2.08. The quantitative estimate of drug-likeness (QED) is 0.713. The van der Waals surface area contributed by atoms with Crippen LogP contribution in [0.4, 0.5) is 0 Å². The molecule has 6 nitrogen and oxygen atoms in total. The number of amides is 1. The first-order valence-electron chi connectivity index (χ1n) is 6.56. The van der Waals surface area contributed by atoms with Crippen LogP contribution >= 0.6 is 0 Å². The number of benzene rings is 1. The highest BCUT2D eigenvalue weighted by atomic mass is 16.5. The average molecular weight is 293 g/mol. The molecule has 0 aliphatic heterocycles. The van der Waals surface area contributed by atoms with Crippen molar-refractivity contribution in [2.45, 2.75) is 13.3 Å². The number of methoxy groups -OCH3 is 1. The number of rotatable bonds is 8. The summed E-state index contributed by atoms with van der Waals surface area (Å²) in [6.07, 6.45) is 3.67. The van der Waals surface area contributed by atoms with Crippen molar-refractivity contribution in [2.75, 3.05) is 20.3 Å². The fourth-order valence-electron chi connectivity index (χ4n) is 1.57. The molecule has 2 N–H and O–H groups in total. The largest absolute Gasteiger partial charge is 0.493 e. The third-order valence-corrected chi connectivity index (χ3v) is 2.51. The predicted octanol–water partition coefficient (Wildman–Crippen LogP) is 1.70. The van der Waals surface area contributed by atoms with E-state index >= 15 is 0 Å². The van der Waals surface area contributed by atoms with Gasteiger partial charge < -0.3 is 19.9 Å². The number of hydrogen-bond donors (Lipinski definition) is 2. The van der Waals surface area contributed by atoms with Crippen molar-refractivity contribution in [3.63, 3.8) is 0 Å². The third kappa shape index (κ3) is 5.56. The fraction of sp³-hybridized carbons (Fsp3) is 0.333. The molecular weight excluding hydrogens is 274 g/mol. The molecule has 0 unspecified atom stereocenters. The molecule has 1 amide bonds. The van der Waals surface area contributed by atoms with Gasteiger partial charge >= 0.3 is 5.97 Å². The van der Waals surface area contributed by atoms with E-state index in [1.54, 1.807) is 31.4 Å². The van der Waals surface area contributed by atoms with Crippen LogP contribution in [-0.2, 0) is 9.59 Å². The first-order chi connectivity index (χ1) is 10.1. The first kappa shape index (κ1) is 16.6. The van der Waals surface area contributed by atoms with Gasteiger partial charge in [0.15, 0.2) is 11.5 Å². The van der Waals surface area contributed by atoms with E-state index in [1.807, 2.05) is 6.92 Å². The maximum absolute atomic E-state index is 11.5. The van der Waals surface area contributed by atoms with Crippen LogP contribution < -0.4 is 14.8 Å². The Morgan fingerprint density at radius 1 is 1.38 bits per heavy atom. The van der Waals surface area contributed by atoms with E-state index in [9.17, 15) is 9.59 Å². The number of para-hydroxylation sites is 1. The monoisotopic (exact) mass is 293 g/mol. The number of carbonyl (C=O) groups is 2.